The van der Waals surface area contributed by atoms with Gasteiger partial charge in [-0.3, -0.25) is 14.9 Å². The first-order valence-corrected chi connectivity index (χ1v) is 14.4. The summed E-state index contributed by atoms with van der Waals surface area (Å²) in [6.07, 6.45) is 8.32. The van der Waals surface area contributed by atoms with Gasteiger partial charge in [0.15, 0.2) is 0 Å². The van der Waals surface area contributed by atoms with Crippen molar-refractivity contribution in [3.05, 3.63) is 94.0 Å². The fraction of sp³-hybridized carbons (Fsp3) is 0.281. The first-order valence-electron chi connectivity index (χ1n) is 13.6. The number of anilines is 1. The largest absolute Gasteiger partial charge is 0.493 e. The number of halogens is 1. The second kappa shape index (κ2) is 14.5. The van der Waals surface area contributed by atoms with Crippen molar-refractivity contribution >= 4 is 45.5 Å². The zero-order valence-electron chi connectivity index (χ0n) is 22.5. The van der Waals surface area contributed by atoms with E-state index in [0.717, 1.165) is 27.8 Å². The summed E-state index contributed by atoms with van der Waals surface area (Å²) in [5.74, 6) is -0.316. The number of benzene rings is 3. The van der Waals surface area contributed by atoms with Crippen molar-refractivity contribution in [1.82, 2.24) is 5.32 Å². The van der Waals surface area contributed by atoms with Gasteiger partial charge in [-0.2, -0.15) is 0 Å². The second-order valence-electron chi connectivity index (χ2n) is 9.52. The molecule has 8 heteroatoms. The van der Waals surface area contributed by atoms with Gasteiger partial charge in [0.1, 0.15) is 23.7 Å². The molecule has 1 N–H and O–H groups in total. The van der Waals surface area contributed by atoms with Crippen LogP contribution in [0.3, 0.4) is 0 Å². The number of hydrogen-bond donors (Lipinski definition) is 1. The second-order valence-corrected chi connectivity index (χ2v) is 10.4. The maximum atomic E-state index is 13.4. The lowest BCUT2D eigenvalue weighted by molar-refractivity contribution is -0.122. The third kappa shape index (κ3) is 7.82. The minimum Gasteiger partial charge on any atom is -0.493 e. The number of carbonyl (C=O) groups is 3. The highest BCUT2D eigenvalue weighted by atomic mass is 79.9. The van der Waals surface area contributed by atoms with Gasteiger partial charge >= 0.3 is 6.03 Å². The van der Waals surface area contributed by atoms with Crippen LogP contribution in [-0.2, 0) is 16.2 Å². The lowest BCUT2D eigenvalue weighted by Gasteiger charge is -2.26. The minimum absolute atomic E-state index is 0.161. The van der Waals surface area contributed by atoms with Crippen LogP contribution in [0.5, 0.6) is 11.5 Å². The molecule has 7 nitrogen and oxygen atoms in total. The lowest BCUT2D eigenvalue weighted by atomic mass is 10.1. The molecule has 0 radical (unpaired) electrons. The zero-order valence-corrected chi connectivity index (χ0v) is 24.1. The maximum Gasteiger partial charge on any atom is 0.335 e. The highest BCUT2D eigenvalue weighted by Gasteiger charge is 2.37. The number of urea groups is 1. The minimum atomic E-state index is -0.807. The fourth-order valence-corrected chi connectivity index (χ4v) is 4.69. The Bertz CT molecular complexity index is 1360. The summed E-state index contributed by atoms with van der Waals surface area (Å²) in [6, 6.07) is 20.9. The number of carbonyl (C=O) groups excluding carboxylic acids is 3. The average molecular weight is 606 g/mol. The molecule has 4 rings (SSSR count). The predicted octanol–water partition coefficient (Wildman–Crippen LogP) is 7.43. The molecular weight excluding hydrogens is 572 g/mol. The quantitative estimate of drug-likeness (QED) is 0.124. The molecule has 1 fully saturated rings. The van der Waals surface area contributed by atoms with E-state index in [4.69, 9.17) is 9.47 Å². The Hall–Kier alpha value is -3.91. The number of rotatable bonds is 13. The van der Waals surface area contributed by atoms with Crippen molar-refractivity contribution in [2.75, 3.05) is 11.5 Å². The SMILES string of the molecule is CCCCCCCCOc1ccc(Br)cc1/C=C1/C(=O)NC(=O)N(c2ccc(OCc3ccccc3)cc2)C1=O. The molecule has 0 saturated carbocycles. The van der Waals surface area contributed by atoms with Crippen LogP contribution in [0, 0.1) is 0 Å². The van der Waals surface area contributed by atoms with E-state index in [1.165, 1.54) is 31.8 Å². The summed E-state index contributed by atoms with van der Waals surface area (Å²) in [5.41, 5.74) is 1.75. The van der Waals surface area contributed by atoms with Gasteiger partial charge in [0.05, 0.1) is 12.3 Å². The van der Waals surface area contributed by atoms with Gasteiger partial charge in [0.2, 0.25) is 0 Å². The van der Waals surface area contributed by atoms with Gasteiger partial charge < -0.3 is 9.47 Å². The third-order valence-corrected chi connectivity index (χ3v) is 6.97. The van der Waals surface area contributed by atoms with E-state index in [0.29, 0.717) is 36.0 Å². The van der Waals surface area contributed by atoms with E-state index < -0.39 is 17.8 Å². The Morgan fingerprint density at radius 3 is 2.33 bits per heavy atom. The monoisotopic (exact) mass is 604 g/mol. The molecule has 4 amide bonds. The molecular formula is C32H33BrN2O5. The van der Waals surface area contributed by atoms with E-state index in [1.807, 2.05) is 36.4 Å². The first kappa shape index (κ1) is 29.1. The zero-order chi connectivity index (χ0) is 28.3. The van der Waals surface area contributed by atoms with Gasteiger partial charge in [-0.05, 0) is 60.5 Å². The molecule has 1 heterocycles. The number of amides is 4. The summed E-state index contributed by atoms with van der Waals surface area (Å²) in [5, 5.41) is 2.28. The van der Waals surface area contributed by atoms with E-state index in [2.05, 4.69) is 28.2 Å². The Morgan fingerprint density at radius 1 is 0.850 bits per heavy atom. The summed E-state index contributed by atoms with van der Waals surface area (Å²) < 4.78 is 12.6. The number of hydrogen-bond acceptors (Lipinski definition) is 5. The van der Waals surface area contributed by atoms with Crippen molar-refractivity contribution in [3.8, 4) is 11.5 Å². The van der Waals surface area contributed by atoms with Gasteiger partial charge in [-0.15, -0.1) is 0 Å². The van der Waals surface area contributed by atoms with Crippen molar-refractivity contribution in [1.29, 1.82) is 0 Å². The van der Waals surface area contributed by atoms with Gasteiger partial charge in [-0.25, -0.2) is 9.69 Å². The number of nitrogens with one attached hydrogen (secondary N) is 1. The van der Waals surface area contributed by atoms with E-state index >= 15 is 0 Å². The Kier molecular flexibility index (Phi) is 10.5. The van der Waals surface area contributed by atoms with Gasteiger partial charge in [0, 0.05) is 10.0 Å². The Morgan fingerprint density at radius 2 is 1.57 bits per heavy atom. The summed E-state index contributed by atoms with van der Waals surface area (Å²) >= 11 is 3.45. The molecule has 3 aromatic rings. The highest BCUT2D eigenvalue weighted by Crippen LogP contribution is 2.29. The van der Waals surface area contributed by atoms with Crippen LogP contribution in [0.4, 0.5) is 10.5 Å². The van der Waals surface area contributed by atoms with Crippen LogP contribution in [0.15, 0.2) is 82.8 Å². The summed E-state index contributed by atoms with van der Waals surface area (Å²) in [4.78, 5) is 39.8. The molecule has 40 heavy (non-hydrogen) atoms. The van der Waals surface area contributed by atoms with Crippen LogP contribution in [0.25, 0.3) is 6.08 Å². The molecule has 0 spiro atoms. The van der Waals surface area contributed by atoms with E-state index in [1.54, 1.807) is 36.4 Å². The van der Waals surface area contributed by atoms with Crippen LogP contribution in [-0.4, -0.2) is 24.5 Å². The van der Waals surface area contributed by atoms with Crippen molar-refractivity contribution in [2.24, 2.45) is 0 Å². The standard InChI is InChI=1S/C32H33BrN2O5/c1-2-3-4-5-6-10-19-39-29-18-13-25(33)20-24(29)21-28-30(36)34-32(38)35(31(28)37)26-14-16-27(17-15-26)40-22-23-11-8-7-9-12-23/h7-9,11-18,20-21H,2-6,10,19,22H2,1H3,(H,34,36,38)/b28-21-. The molecule has 1 aliphatic rings. The number of nitrogens with zero attached hydrogens (tertiary/aromatic N) is 1. The molecule has 208 valence electrons. The fourth-order valence-electron chi connectivity index (χ4n) is 4.31. The molecule has 1 aliphatic heterocycles. The molecule has 1 saturated heterocycles. The van der Waals surface area contributed by atoms with Crippen molar-refractivity contribution < 1.29 is 23.9 Å². The van der Waals surface area contributed by atoms with Gasteiger partial charge in [0.25, 0.3) is 11.8 Å². The highest BCUT2D eigenvalue weighted by molar-refractivity contribution is 9.10. The number of ether oxygens (including phenoxy) is 2. The topological polar surface area (TPSA) is 84.9 Å². The molecule has 0 aromatic heterocycles. The molecule has 0 unspecified atom stereocenters. The van der Waals surface area contributed by atoms with Crippen LogP contribution in [0.1, 0.15) is 56.6 Å². The van der Waals surface area contributed by atoms with Crippen LogP contribution >= 0.6 is 15.9 Å². The average Bonchev–Trinajstić information content (AvgIpc) is 2.95. The van der Waals surface area contributed by atoms with Gasteiger partial charge in [-0.1, -0.05) is 85.3 Å². The normalized spacial score (nSPS) is 14.4. The summed E-state index contributed by atoms with van der Waals surface area (Å²) in [6.45, 7) is 3.12. The van der Waals surface area contributed by atoms with E-state index in [-0.39, 0.29) is 5.57 Å². The molecule has 0 atom stereocenters. The Labute approximate surface area is 243 Å². The lowest BCUT2D eigenvalue weighted by Crippen LogP contribution is -2.54. The summed E-state index contributed by atoms with van der Waals surface area (Å²) in [7, 11) is 0. The smallest absolute Gasteiger partial charge is 0.335 e. The predicted molar refractivity (Wildman–Crippen MR) is 159 cm³/mol. The number of unbranched alkanes of at least 4 members (excludes halogenated alkanes) is 5. The van der Waals surface area contributed by atoms with Crippen LogP contribution in [0.2, 0.25) is 0 Å². The maximum absolute atomic E-state index is 13.4. The number of imide groups is 2. The molecule has 0 aliphatic carbocycles. The first-order chi connectivity index (χ1) is 19.5. The van der Waals surface area contributed by atoms with Crippen molar-refractivity contribution in [2.45, 2.75) is 52.1 Å². The Balaban J connectivity index is 1.47. The molecule has 3 aromatic carbocycles. The van der Waals surface area contributed by atoms with E-state index in [9.17, 15) is 14.4 Å². The third-order valence-electron chi connectivity index (χ3n) is 6.47. The van der Waals surface area contributed by atoms with Crippen molar-refractivity contribution in [3.63, 3.8) is 0 Å². The molecule has 0 bridgehead atoms. The van der Waals surface area contributed by atoms with Crippen LogP contribution < -0.4 is 19.7 Å². The number of barbiturate groups is 1.